The fourth-order valence-corrected chi connectivity index (χ4v) is 1.32. The maximum Gasteiger partial charge on any atom is 0.340 e. The standard InChI is InChI=1S/C14H12O4/c1-3-7-10(4-2)18-14(17)12-9-6-5-8-11(12)13(15)16/h2-3,5-10H,1H3,(H,15,16)/p-1/b7-3+/t10-/m1/s1. The maximum absolute atomic E-state index is 11.8. The van der Waals surface area contributed by atoms with E-state index in [0.29, 0.717) is 0 Å². The predicted molar refractivity (Wildman–Crippen MR) is 63.6 cm³/mol. The summed E-state index contributed by atoms with van der Waals surface area (Å²) in [5.41, 5.74) is -0.305. The number of benzene rings is 1. The molecule has 1 atom stereocenters. The van der Waals surface area contributed by atoms with E-state index in [-0.39, 0.29) is 11.1 Å². The molecule has 0 heterocycles. The highest BCUT2D eigenvalue weighted by Crippen LogP contribution is 2.11. The number of carboxylic acid groups (broad SMARTS) is 1. The number of rotatable bonds is 4. The first-order valence-corrected chi connectivity index (χ1v) is 5.20. The second kappa shape index (κ2) is 6.26. The SMILES string of the molecule is C#C[C@H](/C=C/C)OC(=O)c1ccccc1C(=O)[O-]. The molecule has 4 nitrogen and oxygen atoms in total. The zero-order chi connectivity index (χ0) is 13.5. The molecule has 0 aliphatic heterocycles. The Hall–Kier alpha value is -2.54. The van der Waals surface area contributed by atoms with Crippen LogP contribution < -0.4 is 5.11 Å². The molecule has 0 N–H and O–H groups in total. The van der Waals surface area contributed by atoms with Crippen LogP contribution in [-0.2, 0) is 4.74 Å². The quantitative estimate of drug-likeness (QED) is 0.445. The molecule has 4 heteroatoms. The molecule has 0 saturated heterocycles. The van der Waals surface area contributed by atoms with Crippen molar-refractivity contribution >= 4 is 11.9 Å². The molecule has 1 rings (SSSR count). The van der Waals surface area contributed by atoms with Crippen molar-refractivity contribution in [2.45, 2.75) is 13.0 Å². The van der Waals surface area contributed by atoms with Gasteiger partial charge in [-0.1, -0.05) is 30.2 Å². The van der Waals surface area contributed by atoms with Crippen molar-refractivity contribution in [3.8, 4) is 12.3 Å². The molecular weight excluding hydrogens is 232 g/mol. The lowest BCUT2D eigenvalue weighted by atomic mass is 10.1. The first-order valence-electron chi connectivity index (χ1n) is 5.20. The predicted octanol–water partition coefficient (Wildman–Crippen LogP) is 0.785. The van der Waals surface area contributed by atoms with Gasteiger partial charge in [0.25, 0.3) is 0 Å². The first-order chi connectivity index (χ1) is 8.60. The summed E-state index contributed by atoms with van der Waals surface area (Å²) in [7, 11) is 0. The normalized spacial score (nSPS) is 11.8. The van der Waals surface area contributed by atoms with Crippen molar-refractivity contribution < 1.29 is 19.4 Å². The number of allylic oxidation sites excluding steroid dienone is 1. The molecule has 1 aromatic carbocycles. The number of ether oxygens (including phenoxy) is 1. The largest absolute Gasteiger partial charge is 0.545 e. The van der Waals surface area contributed by atoms with Gasteiger partial charge in [-0.3, -0.25) is 0 Å². The average Bonchev–Trinajstić information content (AvgIpc) is 2.38. The van der Waals surface area contributed by atoms with Crippen LogP contribution in [0.2, 0.25) is 0 Å². The Morgan fingerprint density at radius 1 is 1.39 bits per heavy atom. The Labute approximate surface area is 105 Å². The third-order valence-corrected chi connectivity index (χ3v) is 2.13. The van der Waals surface area contributed by atoms with Crippen LogP contribution in [-0.4, -0.2) is 18.0 Å². The molecule has 0 saturated carbocycles. The van der Waals surface area contributed by atoms with Gasteiger partial charge in [-0.05, 0) is 19.1 Å². The number of aromatic carboxylic acids is 1. The first kappa shape index (κ1) is 13.5. The topological polar surface area (TPSA) is 66.4 Å². The molecule has 0 radical (unpaired) electrons. The molecule has 0 aliphatic rings. The summed E-state index contributed by atoms with van der Waals surface area (Å²) < 4.78 is 4.96. The number of terminal acetylenes is 1. The van der Waals surface area contributed by atoms with E-state index in [9.17, 15) is 14.7 Å². The van der Waals surface area contributed by atoms with Crippen LogP contribution >= 0.6 is 0 Å². The van der Waals surface area contributed by atoms with Gasteiger partial charge in [-0.15, -0.1) is 6.42 Å². The Bertz CT molecular complexity index is 523. The van der Waals surface area contributed by atoms with Gasteiger partial charge in [-0.25, -0.2) is 4.79 Å². The van der Waals surface area contributed by atoms with Crippen LogP contribution in [0.25, 0.3) is 0 Å². The minimum Gasteiger partial charge on any atom is -0.545 e. The van der Waals surface area contributed by atoms with Crippen molar-refractivity contribution in [1.29, 1.82) is 0 Å². The Morgan fingerprint density at radius 3 is 2.50 bits per heavy atom. The summed E-state index contributed by atoms with van der Waals surface area (Å²) in [6, 6.07) is 5.64. The van der Waals surface area contributed by atoms with Crippen molar-refractivity contribution in [1.82, 2.24) is 0 Å². The van der Waals surface area contributed by atoms with Crippen molar-refractivity contribution in [2.75, 3.05) is 0 Å². The minimum atomic E-state index is -1.44. The van der Waals surface area contributed by atoms with Crippen LogP contribution in [0.3, 0.4) is 0 Å². The van der Waals surface area contributed by atoms with Gasteiger partial charge < -0.3 is 14.6 Å². The van der Waals surface area contributed by atoms with Crippen LogP contribution in [0.5, 0.6) is 0 Å². The van der Waals surface area contributed by atoms with Crippen LogP contribution in [0, 0.1) is 12.3 Å². The highest BCUT2D eigenvalue weighted by atomic mass is 16.5. The molecule has 0 amide bonds. The van der Waals surface area contributed by atoms with Crippen LogP contribution in [0.4, 0.5) is 0 Å². The van der Waals surface area contributed by atoms with E-state index in [1.54, 1.807) is 13.0 Å². The minimum absolute atomic E-state index is 0.0812. The molecule has 0 aliphatic carbocycles. The summed E-state index contributed by atoms with van der Waals surface area (Å²) in [5, 5.41) is 10.8. The second-order valence-corrected chi connectivity index (χ2v) is 3.35. The number of esters is 1. The van der Waals surface area contributed by atoms with Gasteiger partial charge in [0.2, 0.25) is 0 Å². The van der Waals surface area contributed by atoms with E-state index >= 15 is 0 Å². The van der Waals surface area contributed by atoms with E-state index in [1.807, 2.05) is 0 Å². The van der Waals surface area contributed by atoms with Gasteiger partial charge >= 0.3 is 5.97 Å². The summed E-state index contributed by atoms with van der Waals surface area (Å²) >= 11 is 0. The van der Waals surface area contributed by atoms with Gasteiger partial charge in [0.05, 0.1) is 11.5 Å². The van der Waals surface area contributed by atoms with Crippen molar-refractivity contribution in [3.63, 3.8) is 0 Å². The van der Waals surface area contributed by atoms with E-state index in [2.05, 4.69) is 5.92 Å². The van der Waals surface area contributed by atoms with Gasteiger partial charge in [0, 0.05) is 5.56 Å². The Kier molecular flexibility index (Phi) is 4.70. The van der Waals surface area contributed by atoms with E-state index in [1.165, 1.54) is 30.3 Å². The van der Waals surface area contributed by atoms with Crippen molar-refractivity contribution in [3.05, 3.63) is 47.5 Å². The molecule has 0 bridgehead atoms. The van der Waals surface area contributed by atoms with Gasteiger partial charge in [-0.2, -0.15) is 0 Å². The molecule has 92 valence electrons. The summed E-state index contributed by atoms with van der Waals surface area (Å²) in [6.45, 7) is 1.73. The van der Waals surface area contributed by atoms with E-state index < -0.39 is 18.0 Å². The number of carboxylic acids is 1. The third-order valence-electron chi connectivity index (χ3n) is 2.13. The van der Waals surface area contributed by atoms with Crippen LogP contribution in [0.1, 0.15) is 27.6 Å². The zero-order valence-corrected chi connectivity index (χ0v) is 9.75. The number of carbonyl (C=O) groups is 2. The zero-order valence-electron chi connectivity index (χ0n) is 9.75. The van der Waals surface area contributed by atoms with Gasteiger partial charge in [0.15, 0.2) is 6.10 Å². The summed E-state index contributed by atoms with van der Waals surface area (Å²) in [6.07, 6.45) is 7.51. The van der Waals surface area contributed by atoms with Crippen LogP contribution in [0.15, 0.2) is 36.4 Å². The fourth-order valence-electron chi connectivity index (χ4n) is 1.32. The molecule has 0 spiro atoms. The van der Waals surface area contributed by atoms with E-state index in [4.69, 9.17) is 11.2 Å². The molecule has 18 heavy (non-hydrogen) atoms. The lowest BCUT2D eigenvalue weighted by molar-refractivity contribution is -0.255. The molecular formula is C14H11O4-. The van der Waals surface area contributed by atoms with E-state index in [0.717, 1.165) is 0 Å². The fraction of sp³-hybridized carbons (Fsp3) is 0.143. The number of hydrogen-bond acceptors (Lipinski definition) is 4. The molecule has 0 fully saturated rings. The smallest absolute Gasteiger partial charge is 0.340 e. The highest BCUT2D eigenvalue weighted by molar-refractivity contribution is 6.01. The monoisotopic (exact) mass is 243 g/mol. The molecule has 0 aromatic heterocycles. The molecule has 1 aromatic rings. The highest BCUT2D eigenvalue weighted by Gasteiger charge is 2.15. The third kappa shape index (κ3) is 3.22. The Balaban J connectivity index is 2.98. The number of carbonyl (C=O) groups excluding carboxylic acids is 2. The second-order valence-electron chi connectivity index (χ2n) is 3.35. The number of hydrogen-bond donors (Lipinski definition) is 0. The molecule has 0 unspecified atom stereocenters. The van der Waals surface area contributed by atoms with Crippen molar-refractivity contribution in [2.24, 2.45) is 0 Å². The maximum atomic E-state index is 11.8. The van der Waals surface area contributed by atoms with Gasteiger partial charge in [0.1, 0.15) is 0 Å². The Morgan fingerprint density at radius 2 is 2.00 bits per heavy atom. The lowest BCUT2D eigenvalue weighted by Crippen LogP contribution is -2.26. The summed E-state index contributed by atoms with van der Waals surface area (Å²) in [5.74, 6) is 0.0249. The summed E-state index contributed by atoms with van der Waals surface area (Å²) in [4.78, 5) is 22.6. The lowest BCUT2D eigenvalue weighted by Gasteiger charge is -2.12. The average molecular weight is 243 g/mol.